The zero-order valence-corrected chi connectivity index (χ0v) is 14.1. The van der Waals surface area contributed by atoms with Gasteiger partial charge in [0.05, 0.1) is 18.8 Å². The molecule has 1 amide bonds. The van der Waals surface area contributed by atoms with E-state index in [1.807, 2.05) is 0 Å². The second kappa shape index (κ2) is 8.50. The normalized spacial score (nSPS) is 14.0. The van der Waals surface area contributed by atoms with Crippen molar-refractivity contribution < 1.29 is 34.1 Å². The van der Waals surface area contributed by atoms with E-state index >= 15 is 0 Å². The van der Waals surface area contributed by atoms with Crippen molar-refractivity contribution >= 4 is 23.8 Å². The highest BCUT2D eigenvalue weighted by Gasteiger charge is 2.31. The number of esters is 1. The second-order valence-electron chi connectivity index (χ2n) is 6.64. The molecule has 0 rings (SSSR count). The van der Waals surface area contributed by atoms with Gasteiger partial charge in [0.15, 0.2) is 0 Å². The molecular weight excluding hydrogens is 306 g/mol. The van der Waals surface area contributed by atoms with Gasteiger partial charge in [0.1, 0.15) is 11.6 Å². The van der Waals surface area contributed by atoms with E-state index in [2.05, 4.69) is 5.32 Å². The molecule has 0 aromatic rings. The van der Waals surface area contributed by atoms with Crippen LogP contribution in [0.4, 0.5) is 0 Å². The second-order valence-corrected chi connectivity index (χ2v) is 6.64. The van der Waals surface area contributed by atoms with Crippen molar-refractivity contribution in [2.75, 3.05) is 0 Å². The summed E-state index contributed by atoms with van der Waals surface area (Å²) in [4.78, 5) is 45.7. The largest absolute Gasteiger partial charge is 0.481 e. The van der Waals surface area contributed by atoms with Gasteiger partial charge in [-0.15, -0.1) is 0 Å². The summed E-state index contributed by atoms with van der Waals surface area (Å²) >= 11 is 0. The number of carboxylic acids is 2. The van der Waals surface area contributed by atoms with Crippen LogP contribution in [0.1, 0.15) is 47.5 Å². The number of carbonyl (C=O) groups excluding carboxylic acids is 2. The standard InChI is InChI=1S/C15H25NO7/c1-8(2)9(6-12(19)23-15(3,4)5)13(20)16-10(14(21)22)7-11(17)18/h8-10H,6-7H2,1-5H3,(H,16,20)(H,17,18)(H,21,22)/t9-,10+/m0/s1. The van der Waals surface area contributed by atoms with Gasteiger partial charge in [-0.25, -0.2) is 4.79 Å². The first-order valence-electron chi connectivity index (χ1n) is 7.30. The molecule has 0 radical (unpaired) electrons. The van der Waals surface area contributed by atoms with E-state index in [4.69, 9.17) is 14.9 Å². The lowest BCUT2D eigenvalue weighted by molar-refractivity contribution is -0.158. The zero-order chi connectivity index (χ0) is 18.4. The van der Waals surface area contributed by atoms with Gasteiger partial charge in [-0.2, -0.15) is 0 Å². The molecule has 0 saturated heterocycles. The third-order valence-corrected chi connectivity index (χ3v) is 2.94. The summed E-state index contributed by atoms with van der Waals surface area (Å²) in [6.07, 6.45) is -0.946. The van der Waals surface area contributed by atoms with Gasteiger partial charge in [0.25, 0.3) is 0 Å². The van der Waals surface area contributed by atoms with Gasteiger partial charge in [-0.05, 0) is 26.7 Å². The number of ether oxygens (including phenoxy) is 1. The summed E-state index contributed by atoms with van der Waals surface area (Å²) in [6.45, 7) is 8.51. The number of aliphatic carboxylic acids is 2. The van der Waals surface area contributed by atoms with E-state index in [0.29, 0.717) is 0 Å². The van der Waals surface area contributed by atoms with E-state index < -0.39 is 47.8 Å². The van der Waals surface area contributed by atoms with Crippen LogP contribution < -0.4 is 5.32 Å². The molecule has 0 bridgehead atoms. The highest BCUT2D eigenvalue weighted by atomic mass is 16.6. The van der Waals surface area contributed by atoms with Gasteiger partial charge in [-0.1, -0.05) is 13.8 Å². The molecule has 8 nitrogen and oxygen atoms in total. The lowest BCUT2D eigenvalue weighted by Crippen LogP contribution is -2.46. The third kappa shape index (κ3) is 8.80. The highest BCUT2D eigenvalue weighted by Crippen LogP contribution is 2.19. The van der Waals surface area contributed by atoms with E-state index in [9.17, 15) is 19.2 Å². The van der Waals surface area contributed by atoms with Gasteiger partial charge in [-0.3, -0.25) is 14.4 Å². The van der Waals surface area contributed by atoms with E-state index in [1.165, 1.54) is 0 Å². The summed E-state index contributed by atoms with van der Waals surface area (Å²) in [6, 6.07) is -1.54. The SMILES string of the molecule is CC(C)[C@H](CC(=O)OC(C)(C)C)C(=O)N[C@H](CC(=O)O)C(=O)O. The minimum absolute atomic E-state index is 0.208. The maximum atomic E-state index is 12.2. The Balaban J connectivity index is 4.94. The summed E-state index contributed by atoms with van der Waals surface area (Å²) < 4.78 is 5.16. The number of hydrogen-bond acceptors (Lipinski definition) is 5. The predicted molar refractivity (Wildman–Crippen MR) is 80.6 cm³/mol. The summed E-state index contributed by atoms with van der Waals surface area (Å²) in [5, 5.41) is 19.8. The molecule has 0 fully saturated rings. The lowest BCUT2D eigenvalue weighted by Gasteiger charge is -2.24. The fraction of sp³-hybridized carbons (Fsp3) is 0.733. The van der Waals surface area contributed by atoms with E-state index in [0.717, 1.165) is 0 Å². The maximum Gasteiger partial charge on any atom is 0.326 e. The highest BCUT2D eigenvalue weighted by molar-refractivity contribution is 5.89. The average molecular weight is 331 g/mol. The van der Waals surface area contributed by atoms with Gasteiger partial charge >= 0.3 is 17.9 Å². The van der Waals surface area contributed by atoms with Crippen LogP contribution >= 0.6 is 0 Å². The Morgan fingerprint density at radius 2 is 1.57 bits per heavy atom. The van der Waals surface area contributed by atoms with Crippen molar-refractivity contribution in [3.63, 3.8) is 0 Å². The van der Waals surface area contributed by atoms with Crippen LogP contribution in [-0.4, -0.2) is 45.7 Å². The summed E-state index contributed by atoms with van der Waals surface area (Å²) in [7, 11) is 0. The number of amides is 1. The van der Waals surface area contributed by atoms with E-state index in [-0.39, 0.29) is 12.3 Å². The predicted octanol–water partition coefficient (Wildman–Crippen LogP) is 1.03. The van der Waals surface area contributed by atoms with Crippen LogP contribution in [0.5, 0.6) is 0 Å². The minimum atomic E-state index is -1.54. The van der Waals surface area contributed by atoms with Crippen molar-refractivity contribution in [2.45, 2.75) is 59.1 Å². The Kier molecular flexibility index (Phi) is 7.71. The number of rotatable bonds is 8. The molecule has 0 aliphatic rings. The zero-order valence-electron chi connectivity index (χ0n) is 14.1. The van der Waals surface area contributed by atoms with Crippen molar-refractivity contribution in [3.05, 3.63) is 0 Å². The molecule has 0 aromatic carbocycles. The van der Waals surface area contributed by atoms with Crippen LogP contribution in [-0.2, 0) is 23.9 Å². The van der Waals surface area contributed by atoms with Crippen molar-refractivity contribution in [1.82, 2.24) is 5.32 Å². The Morgan fingerprint density at radius 1 is 1.04 bits per heavy atom. The number of nitrogens with one attached hydrogen (secondary N) is 1. The smallest absolute Gasteiger partial charge is 0.326 e. The Labute approximate surface area is 135 Å². The first kappa shape index (κ1) is 20.9. The summed E-state index contributed by atoms with van der Waals surface area (Å²) in [5.74, 6) is -5.09. The van der Waals surface area contributed by atoms with Crippen molar-refractivity contribution in [1.29, 1.82) is 0 Å². The van der Waals surface area contributed by atoms with Crippen LogP contribution in [0.3, 0.4) is 0 Å². The molecular formula is C15H25NO7. The summed E-state index contributed by atoms with van der Waals surface area (Å²) in [5.41, 5.74) is -0.692. The average Bonchev–Trinajstić information content (AvgIpc) is 2.31. The Morgan fingerprint density at radius 3 is 1.91 bits per heavy atom. The minimum Gasteiger partial charge on any atom is -0.481 e. The number of hydrogen-bond donors (Lipinski definition) is 3. The maximum absolute atomic E-state index is 12.2. The van der Waals surface area contributed by atoms with Gasteiger partial charge in [0, 0.05) is 0 Å². The van der Waals surface area contributed by atoms with Crippen molar-refractivity contribution in [3.8, 4) is 0 Å². The molecule has 0 aromatic heterocycles. The monoisotopic (exact) mass is 331 g/mol. The molecule has 0 aliphatic carbocycles. The molecule has 0 aliphatic heterocycles. The first-order chi connectivity index (χ1) is 10.3. The molecule has 2 atom stereocenters. The fourth-order valence-electron chi connectivity index (χ4n) is 1.85. The van der Waals surface area contributed by atoms with Crippen LogP contribution in [0, 0.1) is 11.8 Å². The first-order valence-corrected chi connectivity index (χ1v) is 7.30. The molecule has 132 valence electrons. The van der Waals surface area contributed by atoms with Crippen LogP contribution in [0.25, 0.3) is 0 Å². The molecule has 0 unspecified atom stereocenters. The Bertz CT molecular complexity index is 465. The van der Waals surface area contributed by atoms with E-state index in [1.54, 1.807) is 34.6 Å². The lowest BCUT2D eigenvalue weighted by atomic mass is 9.91. The van der Waals surface area contributed by atoms with Gasteiger partial charge < -0.3 is 20.3 Å². The molecule has 0 heterocycles. The molecule has 3 N–H and O–H groups in total. The molecule has 0 saturated carbocycles. The van der Waals surface area contributed by atoms with Crippen molar-refractivity contribution in [2.24, 2.45) is 11.8 Å². The Hall–Kier alpha value is -2.12. The topological polar surface area (TPSA) is 130 Å². The number of carboxylic acid groups (broad SMARTS) is 2. The quantitative estimate of drug-likeness (QED) is 0.566. The molecule has 0 spiro atoms. The third-order valence-electron chi connectivity index (χ3n) is 2.94. The van der Waals surface area contributed by atoms with Crippen LogP contribution in [0.15, 0.2) is 0 Å². The van der Waals surface area contributed by atoms with Crippen LogP contribution in [0.2, 0.25) is 0 Å². The number of carbonyl (C=O) groups is 4. The van der Waals surface area contributed by atoms with Gasteiger partial charge in [0.2, 0.25) is 5.91 Å². The molecule has 8 heteroatoms. The fourth-order valence-corrected chi connectivity index (χ4v) is 1.85. The molecule has 23 heavy (non-hydrogen) atoms.